The van der Waals surface area contributed by atoms with Gasteiger partial charge in [-0.15, -0.1) is 0 Å². The van der Waals surface area contributed by atoms with Gasteiger partial charge in [-0.25, -0.2) is 0 Å². The summed E-state index contributed by atoms with van der Waals surface area (Å²) in [5.74, 6) is 0.464. The van der Waals surface area contributed by atoms with Crippen LogP contribution in [0.3, 0.4) is 0 Å². The highest BCUT2D eigenvalue weighted by Gasteiger charge is 2.31. The molecule has 0 saturated carbocycles. The summed E-state index contributed by atoms with van der Waals surface area (Å²) in [7, 11) is 0. The van der Waals surface area contributed by atoms with Crippen LogP contribution in [0.4, 0.5) is 0 Å². The summed E-state index contributed by atoms with van der Waals surface area (Å²) < 4.78 is 0. The predicted octanol–water partition coefficient (Wildman–Crippen LogP) is 5.14. The average molecular weight is 322 g/mol. The van der Waals surface area contributed by atoms with Crippen molar-refractivity contribution in [2.24, 2.45) is 5.92 Å². The molecular weight excluding hydrogens is 302 g/mol. The first-order chi connectivity index (χ1) is 11.2. The fourth-order valence-corrected chi connectivity index (χ4v) is 3.99. The third-order valence-electron chi connectivity index (χ3n) is 5.05. The van der Waals surface area contributed by atoms with Crippen LogP contribution in [0.25, 0.3) is 11.1 Å². The number of benzene rings is 2. The molecule has 0 fully saturated rings. The van der Waals surface area contributed by atoms with E-state index in [4.69, 9.17) is 11.6 Å². The van der Waals surface area contributed by atoms with Gasteiger partial charge in [-0.1, -0.05) is 65.7 Å². The van der Waals surface area contributed by atoms with Gasteiger partial charge >= 0.3 is 0 Å². The molecule has 2 aliphatic rings. The topological polar surface area (TPSA) is 3.24 Å². The number of hydrogen-bond acceptors (Lipinski definition) is 1. The molecule has 0 radical (unpaired) electrons. The zero-order chi connectivity index (χ0) is 15.8. The molecule has 2 heterocycles. The van der Waals surface area contributed by atoms with Gasteiger partial charge in [0.25, 0.3) is 0 Å². The summed E-state index contributed by atoms with van der Waals surface area (Å²) in [6.45, 7) is 5.47. The molecule has 2 bridgehead atoms. The first-order valence-corrected chi connectivity index (χ1v) is 8.53. The van der Waals surface area contributed by atoms with Crippen molar-refractivity contribution in [3.05, 3.63) is 82.4 Å². The van der Waals surface area contributed by atoms with E-state index in [1.54, 1.807) is 0 Å². The van der Waals surface area contributed by atoms with E-state index in [9.17, 15) is 0 Å². The minimum absolute atomic E-state index is 0.464. The number of fused-ring (bicyclic) bond motifs is 2. The highest BCUT2D eigenvalue weighted by Crippen LogP contribution is 2.40. The third-order valence-corrected chi connectivity index (χ3v) is 5.28. The molecule has 2 aromatic rings. The third kappa shape index (κ3) is 2.75. The molecule has 0 aromatic heterocycles. The van der Waals surface area contributed by atoms with Crippen LogP contribution in [0.1, 0.15) is 18.1 Å². The van der Waals surface area contributed by atoms with E-state index < -0.39 is 0 Å². The van der Waals surface area contributed by atoms with Gasteiger partial charge in [-0.2, -0.15) is 0 Å². The number of rotatable bonds is 2. The lowest BCUT2D eigenvalue weighted by molar-refractivity contribution is 0.295. The normalized spacial score (nSPS) is 23.7. The number of halogens is 1. The maximum absolute atomic E-state index is 6.21. The lowest BCUT2D eigenvalue weighted by Crippen LogP contribution is -2.40. The summed E-state index contributed by atoms with van der Waals surface area (Å²) in [6.07, 6.45) is 2.38. The lowest BCUT2D eigenvalue weighted by Gasteiger charge is -2.40. The van der Waals surface area contributed by atoms with E-state index in [-0.39, 0.29) is 0 Å². The van der Waals surface area contributed by atoms with Crippen LogP contribution in [0.5, 0.6) is 0 Å². The first kappa shape index (κ1) is 14.7. The van der Waals surface area contributed by atoms with Crippen LogP contribution < -0.4 is 0 Å². The van der Waals surface area contributed by atoms with Crippen molar-refractivity contribution in [2.75, 3.05) is 19.6 Å². The Bertz CT molecular complexity index is 788. The summed E-state index contributed by atoms with van der Waals surface area (Å²) in [5, 5.41) is 0.812. The van der Waals surface area contributed by atoms with E-state index in [2.05, 4.69) is 60.4 Å². The molecule has 2 aromatic carbocycles. The molecule has 1 unspecified atom stereocenters. The monoisotopic (exact) mass is 321 g/mol. The Hall–Kier alpha value is -1.83. The van der Waals surface area contributed by atoms with Crippen LogP contribution >= 0.6 is 11.6 Å². The lowest BCUT2D eigenvalue weighted by atomic mass is 9.78. The van der Waals surface area contributed by atoms with Crippen molar-refractivity contribution in [1.29, 1.82) is 0 Å². The van der Waals surface area contributed by atoms with Crippen LogP contribution in [0, 0.1) is 5.92 Å². The molecule has 0 amide bonds. The van der Waals surface area contributed by atoms with Crippen LogP contribution in [-0.4, -0.2) is 24.5 Å². The summed E-state index contributed by atoms with van der Waals surface area (Å²) >= 11 is 6.21. The SMILES string of the molecule is CC1=C(c2ccccc2)CN2CC=C(c3cccc(Cl)c3)[C@@H]1C2. The molecule has 1 nitrogen and oxygen atoms in total. The van der Waals surface area contributed by atoms with Crippen molar-refractivity contribution < 1.29 is 0 Å². The molecule has 0 N–H and O–H groups in total. The Kier molecular flexibility index (Phi) is 3.84. The highest BCUT2D eigenvalue weighted by molar-refractivity contribution is 6.30. The molecule has 0 aliphatic carbocycles. The van der Waals surface area contributed by atoms with E-state index in [0.29, 0.717) is 5.92 Å². The van der Waals surface area contributed by atoms with Gasteiger partial charge in [0, 0.05) is 30.6 Å². The Balaban J connectivity index is 1.77. The van der Waals surface area contributed by atoms with E-state index in [1.165, 1.54) is 27.8 Å². The second-order valence-corrected chi connectivity index (χ2v) is 6.88. The van der Waals surface area contributed by atoms with Crippen LogP contribution in [0.15, 0.2) is 66.2 Å². The van der Waals surface area contributed by atoms with Crippen molar-refractivity contribution in [1.82, 2.24) is 4.90 Å². The van der Waals surface area contributed by atoms with Gasteiger partial charge in [-0.05, 0) is 41.3 Å². The second-order valence-electron chi connectivity index (χ2n) is 6.44. The molecule has 0 spiro atoms. The summed E-state index contributed by atoms with van der Waals surface area (Å²) in [6, 6.07) is 19.1. The van der Waals surface area contributed by atoms with Gasteiger partial charge in [0.05, 0.1) is 0 Å². The molecule has 2 aliphatic heterocycles. The van der Waals surface area contributed by atoms with Crippen molar-refractivity contribution >= 4 is 22.7 Å². The van der Waals surface area contributed by atoms with Gasteiger partial charge in [0.2, 0.25) is 0 Å². The number of nitrogens with zero attached hydrogens (tertiary/aromatic N) is 1. The minimum atomic E-state index is 0.464. The van der Waals surface area contributed by atoms with Crippen LogP contribution in [0.2, 0.25) is 5.02 Å². The molecular formula is C21H20ClN. The van der Waals surface area contributed by atoms with Crippen molar-refractivity contribution in [3.63, 3.8) is 0 Å². The fourth-order valence-electron chi connectivity index (χ4n) is 3.80. The van der Waals surface area contributed by atoms with Gasteiger partial charge in [0.1, 0.15) is 0 Å². The smallest absolute Gasteiger partial charge is 0.0412 e. The maximum Gasteiger partial charge on any atom is 0.0412 e. The molecule has 2 heteroatoms. The average Bonchev–Trinajstić information content (AvgIpc) is 2.59. The minimum Gasteiger partial charge on any atom is -0.294 e. The van der Waals surface area contributed by atoms with E-state index >= 15 is 0 Å². The quantitative estimate of drug-likeness (QED) is 0.740. The van der Waals surface area contributed by atoms with Gasteiger partial charge in [0.15, 0.2) is 0 Å². The van der Waals surface area contributed by atoms with Gasteiger partial charge < -0.3 is 0 Å². The maximum atomic E-state index is 6.21. The Morgan fingerprint density at radius 3 is 2.57 bits per heavy atom. The van der Waals surface area contributed by atoms with Gasteiger partial charge in [-0.3, -0.25) is 4.90 Å². The Labute approximate surface area is 142 Å². The summed E-state index contributed by atoms with van der Waals surface area (Å²) in [4.78, 5) is 2.54. The molecule has 2 atom stereocenters. The summed E-state index contributed by atoms with van der Waals surface area (Å²) in [5.41, 5.74) is 7.02. The van der Waals surface area contributed by atoms with Crippen molar-refractivity contribution in [3.8, 4) is 0 Å². The Morgan fingerprint density at radius 1 is 1.00 bits per heavy atom. The highest BCUT2D eigenvalue weighted by atomic mass is 35.5. The first-order valence-electron chi connectivity index (χ1n) is 8.16. The predicted molar refractivity (Wildman–Crippen MR) is 98.4 cm³/mol. The van der Waals surface area contributed by atoms with E-state index in [1.807, 2.05) is 12.1 Å². The number of hydrogen-bond donors (Lipinski definition) is 0. The largest absolute Gasteiger partial charge is 0.294 e. The van der Waals surface area contributed by atoms with E-state index in [0.717, 1.165) is 24.7 Å². The zero-order valence-electron chi connectivity index (χ0n) is 13.3. The standard InChI is InChI=1S/C21H20ClN/c1-15-20(16-6-3-2-4-7-16)13-23-11-10-19(21(15)14-23)17-8-5-9-18(22)12-17/h2-10,12,21H,11,13-14H2,1H3/t21-/m1/s1. The second kappa shape index (κ2) is 5.99. The molecule has 23 heavy (non-hydrogen) atoms. The van der Waals surface area contributed by atoms with Crippen LogP contribution in [-0.2, 0) is 0 Å². The molecule has 116 valence electrons. The fraction of sp³-hybridized carbons (Fsp3) is 0.238. The molecule has 4 rings (SSSR count). The molecule has 0 saturated heterocycles. The zero-order valence-corrected chi connectivity index (χ0v) is 14.1. The van der Waals surface area contributed by atoms with Crippen molar-refractivity contribution in [2.45, 2.75) is 6.92 Å². The Morgan fingerprint density at radius 2 is 1.78 bits per heavy atom.